The molecule has 0 spiro atoms. The highest BCUT2D eigenvalue weighted by Crippen LogP contribution is 2.28. The molecule has 5 nitrogen and oxygen atoms in total. The fourth-order valence-electron chi connectivity index (χ4n) is 1.92. The quantitative estimate of drug-likeness (QED) is 0.631. The van der Waals surface area contributed by atoms with Gasteiger partial charge in [0.25, 0.3) is 0 Å². The average Bonchev–Trinajstić information content (AvgIpc) is 2.42. The number of esters is 1. The number of methoxy groups -OCH3 is 1. The Bertz CT molecular complexity index is 459. The van der Waals surface area contributed by atoms with Gasteiger partial charge in [0.1, 0.15) is 0 Å². The minimum absolute atomic E-state index is 0.0482. The Balaban J connectivity index is 2.33. The Morgan fingerprint density at radius 1 is 1.44 bits per heavy atom. The zero-order valence-corrected chi connectivity index (χ0v) is 10.1. The molecule has 1 heterocycles. The highest BCUT2D eigenvalue weighted by molar-refractivity contribution is 5.96. The monoisotopic (exact) mass is 254 g/mol. The molecule has 0 radical (unpaired) electrons. The first kappa shape index (κ1) is 12.6. The first-order chi connectivity index (χ1) is 8.65. The largest absolute Gasteiger partial charge is 0.465 e. The molecule has 0 aromatic heterocycles. The number of nitrogens with zero attached hydrogens (tertiary/aromatic N) is 1. The Labute approximate surface area is 104 Å². The van der Waals surface area contributed by atoms with Gasteiger partial charge in [0.05, 0.1) is 37.3 Å². The van der Waals surface area contributed by atoms with E-state index in [9.17, 15) is 9.18 Å². The predicted molar refractivity (Wildman–Crippen MR) is 65.2 cm³/mol. The molecule has 2 N–H and O–H groups in total. The van der Waals surface area contributed by atoms with Crippen LogP contribution in [0.1, 0.15) is 10.4 Å². The predicted octanol–water partition coefficient (Wildman–Crippen LogP) is 1.03. The summed E-state index contributed by atoms with van der Waals surface area (Å²) in [5, 5.41) is 0. The molecule has 1 aromatic carbocycles. The number of anilines is 2. The maximum atomic E-state index is 14.1. The molecule has 1 aromatic rings. The number of halogens is 1. The lowest BCUT2D eigenvalue weighted by atomic mass is 10.1. The summed E-state index contributed by atoms with van der Waals surface area (Å²) in [4.78, 5) is 13.2. The number of morpholine rings is 1. The summed E-state index contributed by atoms with van der Waals surface area (Å²) in [5.74, 6) is -1.22. The Morgan fingerprint density at radius 3 is 2.72 bits per heavy atom. The molecule has 0 aliphatic carbocycles. The number of ether oxygens (including phenoxy) is 2. The molecule has 1 fully saturated rings. The lowest BCUT2D eigenvalue weighted by Crippen LogP contribution is -2.37. The van der Waals surface area contributed by atoms with Crippen molar-refractivity contribution in [1.82, 2.24) is 0 Å². The van der Waals surface area contributed by atoms with E-state index in [0.717, 1.165) is 0 Å². The molecule has 1 aliphatic heterocycles. The summed E-state index contributed by atoms with van der Waals surface area (Å²) >= 11 is 0. The van der Waals surface area contributed by atoms with E-state index in [1.54, 1.807) is 6.07 Å². The Kier molecular flexibility index (Phi) is 3.66. The van der Waals surface area contributed by atoms with Gasteiger partial charge >= 0.3 is 5.97 Å². The smallest absolute Gasteiger partial charge is 0.340 e. The number of hydrogen-bond donors (Lipinski definition) is 1. The minimum Gasteiger partial charge on any atom is -0.465 e. The highest BCUT2D eigenvalue weighted by atomic mass is 19.1. The molecule has 0 saturated carbocycles. The summed E-state index contributed by atoms with van der Waals surface area (Å²) < 4.78 is 23.9. The van der Waals surface area contributed by atoms with E-state index < -0.39 is 11.8 Å². The molecule has 1 aliphatic rings. The summed E-state index contributed by atoms with van der Waals surface area (Å²) in [6.07, 6.45) is 0. The summed E-state index contributed by atoms with van der Waals surface area (Å²) in [7, 11) is 1.23. The first-order valence-electron chi connectivity index (χ1n) is 5.64. The highest BCUT2D eigenvalue weighted by Gasteiger charge is 2.21. The molecule has 0 unspecified atom stereocenters. The van der Waals surface area contributed by atoms with Crippen molar-refractivity contribution in [3.05, 3.63) is 23.5 Å². The fraction of sp³-hybridized carbons (Fsp3) is 0.417. The normalized spacial score (nSPS) is 15.6. The van der Waals surface area contributed by atoms with Crippen LogP contribution in [0.25, 0.3) is 0 Å². The lowest BCUT2D eigenvalue weighted by Gasteiger charge is -2.29. The van der Waals surface area contributed by atoms with Gasteiger partial charge in [0.15, 0.2) is 5.82 Å². The van der Waals surface area contributed by atoms with Crippen LogP contribution < -0.4 is 10.6 Å². The second-order valence-corrected chi connectivity index (χ2v) is 3.95. The van der Waals surface area contributed by atoms with Crippen molar-refractivity contribution in [2.45, 2.75) is 0 Å². The van der Waals surface area contributed by atoms with Crippen LogP contribution in [0.2, 0.25) is 0 Å². The first-order valence-corrected chi connectivity index (χ1v) is 5.64. The summed E-state index contributed by atoms with van der Waals surface area (Å²) in [5.41, 5.74) is 5.90. The zero-order chi connectivity index (χ0) is 13.1. The van der Waals surface area contributed by atoms with Crippen LogP contribution in [0.3, 0.4) is 0 Å². The number of benzene rings is 1. The van der Waals surface area contributed by atoms with E-state index in [1.807, 2.05) is 4.90 Å². The van der Waals surface area contributed by atoms with Crippen LogP contribution in [0.5, 0.6) is 0 Å². The van der Waals surface area contributed by atoms with Crippen LogP contribution in [0, 0.1) is 5.82 Å². The van der Waals surface area contributed by atoms with Crippen molar-refractivity contribution in [3.8, 4) is 0 Å². The van der Waals surface area contributed by atoms with Crippen molar-refractivity contribution >= 4 is 17.3 Å². The molecule has 98 valence electrons. The van der Waals surface area contributed by atoms with Crippen LogP contribution >= 0.6 is 0 Å². The van der Waals surface area contributed by atoms with E-state index in [2.05, 4.69) is 4.74 Å². The Morgan fingerprint density at radius 2 is 2.11 bits per heavy atom. The third-order valence-corrected chi connectivity index (χ3v) is 2.92. The van der Waals surface area contributed by atoms with Crippen molar-refractivity contribution in [1.29, 1.82) is 0 Å². The van der Waals surface area contributed by atoms with Crippen molar-refractivity contribution in [2.24, 2.45) is 0 Å². The molecule has 1 saturated heterocycles. The molecule has 2 rings (SSSR count). The van der Waals surface area contributed by atoms with Crippen molar-refractivity contribution in [2.75, 3.05) is 44.0 Å². The second-order valence-electron chi connectivity index (χ2n) is 3.95. The molecule has 0 atom stereocenters. The van der Waals surface area contributed by atoms with Crippen LogP contribution in [-0.2, 0) is 9.47 Å². The summed E-state index contributed by atoms with van der Waals surface area (Å²) in [6.45, 7) is 2.32. The van der Waals surface area contributed by atoms with Gasteiger partial charge in [-0.1, -0.05) is 0 Å². The third kappa shape index (κ3) is 2.24. The van der Waals surface area contributed by atoms with Gasteiger partial charge in [-0.25, -0.2) is 9.18 Å². The number of nitrogen functional groups attached to an aromatic ring is 1. The summed E-state index contributed by atoms with van der Waals surface area (Å²) in [6, 6.07) is 3.03. The maximum absolute atomic E-state index is 14.1. The van der Waals surface area contributed by atoms with Crippen molar-refractivity contribution < 1.29 is 18.7 Å². The average molecular weight is 254 g/mol. The maximum Gasteiger partial charge on any atom is 0.340 e. The van der Waals surface area contributed by atoms with Gasteiger partial charge in [0, 0.05) is 13.1 Å². The molecule has 6 heteroatoms. The number of hydrogen-bond acceptors (Lipinski definition) is 5. The molecule has 0 amide bonds. The minimum atomic E-state index is -0.639. The van der Waals surface area contributed by atoms with E-state index >= 15 is 0 Å². The lowest BCUT2D eigenvalue weighted by molar-refractivity contribution is 0.0601. The van der Waals surface area contributed by atoms with E-state index in [1.165, 1.54) is 13.2 Å². The standard InChI is InChI=1S/C12H15FN2O3/c1-17-12(16)8-2-3-9(10(13)11(8)14)15-4-6-18-7-5-15/h2-3H,4-7,14H2,1H3. The van der Waals surface area contributed by atoms with Crippen LogP contribution in [0.4, 0.5) is 15.8 Å². The van der Waals surface area contributed by atoms with Gasteiger partial charge in [-0.3, -0.25) is 0 Å². The molecular weight excluding hydrogens is 239 g/mol. The van der Waals surface area contributed by atoms with Crippen molar-refractivity contribution in [3.63, 3.8) is 0 Å². The van der Waals surface area contributed by atoms with Gasteiger partial charge < -0.3 is 20.1 Å². The number of carbonyl (C=O) groups excluding carboxylic acids is 1. The van der Waals surface area contributed by atoms with E-state index in [-0.39, 0.29) is 11.3 Å². The van der Waals surface area contributed by atoms with Gasteiger partial charge in [0.2, 0.25) is 0 Å². The van der Waals surface area contributed by atoms with Gasteiger partial charge in [-0.05, 0) is 12.1 Å². The number of carbonyl (C=O) groups is 1. The van der Waals surface area contributed by atoms with E-state index in [4.69, 9.17) is 10.5 Å². The molecule has 0 bridgehead atoms. The topological polar surface area (TPSA) is 64.8 Å². The van der Waals surface area contributed by atoms with Crippen LogP contribution in [-0.4, -0.2) is 39.4 Å². The van der Waals surface area contributed by atoms with E-state index in [0.29, 0.717) is 32.0 Å². The molecule has 18 heavy (non-hydrogen) atoms. The Hall–Kier alpha value is -1.82. The van der Waals surface area contributed by atoms with Gasteiger partial charge in [-0.15, -0.1) is 0 Å². The zero-order valence-electron chi connectivity index (χ0n) is 10.1. The third-order valence-electron chi connectivity index (χ3n) is 2.92. The number of nitrogens with two attached hydrogens (primary N) is 1. The fourth-order valence-corrected chi connectivity index (χ4v) is 1.92. The molecular formula is C12H15FN2O3. The van der Waals surface area contributed by atoms with Crippen LogP contribution in [0.15, 0.2) is 12.1 Å². The SMILES string of the molecule is COC(=O)c1ccc(N2CCOCC2)c(F)c1N. The number of rotatable bonds is 2. The second kappa shape index (κ2) is 5.22. The van der Waals surface area contributed by atoms with Gasteiger partial charge in [-0.2, -0.15) is 0 Å².